The lowest BCUT2D eigenvalue weighted by Gasteiger charge is -2.35. The van der Waals surface area contributed by atoms with Crippen molar-refractivity contribution in [1.29, 1.82) is 0 Å². The van der Waals surface area contributed by atoms with Crippen LogP contribution in [0.15, 0.2) is 114 Å². The van der Waals surface area contributed by atoms with Crippen molar-refractivity contribution in [2.75, 3.05) is 51.6 Å². The third-order valence-electron chi connectivity index (χ3n) is 22.9. The van der Waals surface area contributed by atoms with Crippen molar-refractivity contribution in [3.05, 3.63) is 126 Å². The van der Waals surface area contributed by atoms with Crippen LogP contribution in [0.5, 0.6) is 0 Å². The molecule has 2 aromatic heterocycles. The number of hydrogen-bond acceptors (Lipinski definition) is 19. The fourth-order valence-corrected chi connectivity index (χ4v) is 16.4. The molecule has 686 valence electrons. The monoisotopic (exact) mass is 1750 g/mol. The maximum atomic E-state index is 15.8. The summed E-state index contributed by atoms with van der Waals surface area (Å²) in [6, 6.07) is 19.7. The Labute approximate surface area is 740 Å². The number of H-pyrrole nitrogens is 2. The number of nitrogens with zero attached hydrogens (tertiary/aromatic N) is 5. The smallest absolute Gasteiger partial charge is 0.293 e. The number of aromatic nitrogens is 3. The molecule has 9 atom stereocenters. The summed E-state index contributed by atoms with van der Waals surface area (Å²) in [6.45, 7) is 3.85. The quantitative estimate of drug-likeness (QED) is 0.00581. The summed E-state index contributed by atoms with van der Waals surface area (Å²) in [5.41, 5.74) is 31.6. The topological polar surface area (TPSA) is 517 Å². The number of guanidine groups is 2. The van der Waals surface area contributed by atoms with E-state index in [0.717, 1.165) is 42.1 Å². The number of nitrogens with one attached hydrogen (secondary N) is 7. The first-order valence-electron chi connectivity index (χ1n) is 44.8. The number of hydrogen-bond donors (Lipinski definition) is 14. The van der Waals surface area contributed by atoms with Gasteiger partial charge in [-0.3, -0.25) is 72.3 Å². The highest BCUT2D eigenvalue weighted by atomic mass is 32.1. The van der Waals surface area contributed by atoms with Gasteiger partial charge in [0.2, 0.25) is 47.3 Å². The highest BCUT2D eigenvalue weighted by Gasteiger charge is 2.43. The molecule has 1 aliphatic heterocycles. The van der Waals surface area contributed by atoms with E-state index in [1.54, 1.807) is 35.4 Å². The van der Waals surface area contributed by atoms with Crippen LogP contribution < -0.4 is 55.3 Å². The van der Waals surface area contributed by atoms with Crippen LogP contribution in [0.2, 0.25) is 0 Å². The Hall–Kier alpha value is -10.8. The third-order valence-corrected chi connectivity index (χ3v) is 23.2. The fourth-order valence-electron chi connectivity index (χ4n) is 16.1. The second kappa shape index (κ2) is 58.4. The van der Waals surface area contributed by atoms with E-state index in [1.807, 2.05) is 60.7 Å². The van der Waals surface area contributed by atoms with Gasteiger partial charge in [-0.15, -0.1) is 0 Å². The van der Waals surface area contributed by atoms with Crippen LogP contribution in [0.25, 0.3) is 10.9 Å². The van der Waals surface area contributed by atoms with Crippen molar-refractivity contribution < 1.29 is 72.2 Å². The van der Waals surface area contributed by atoms with Gasteiger partial charge >= 0.3 is 0 Å². The Balaban J connectivity index is 1.13. The van der Waals surface area contributed by atoms with Crippen molar-refractivity contribution in [2.45, 2.75) is 274 Å². The molecular weight excluding hydrogens is 1620 g/mol. The highest BCUT2D eigenvalue weighted by molar-refractivity contribution is 7.80. The summed E-state index contributed by atoms with van der Waals surface area (Å²) in [7, 11) is 0. The maximum Gasteiger partial charge on any atom is 0.293 e. The van der Waals surface area contributed by atoms with Gasteiger partial charge in [-0.25, -0.2) is 4.98 Å². The molecule has 18 N–H and O–H groups in total. The molecule has 8 amide bonds. The standard InChI is InChI=1S/C92H137N17O15S/c1-3-4-5-6-7-8-9-10-11-12-13-14-17-28-45-99-82(118)59-108(58-80(93)116)83(119)44-25-16-15-24-42-77(113)75(52-69-56-102-74-41-27-26-40-73(69)74)104-88(121)67(38-30-47-101-92(96)97)53-78(114)76(60-125)105-87(120)66(37-29-46-100-91(94)95)51-72(112)55-71-39-31-48-109(71)90(123)86(84(64-33-20-18-21-34-64)65-35-22-19-23-36-65)107-89(122)68(50-70-57-98-61-103-70)54-79(115)85(63(2)111)106-81(117)43-32-49-124-62-110/h18-23,26-27,33-36,40-41,56-57,61-63,66-68,71,75-76,84-86,102,111,125H,3-17,24-25,28-32,37-39,42-55,58-60H2,1-2H3,(H2,93,116)(H,98,103)(H,99,118)(H,104,121)(H,105,120)(H,106,117)(H,107,122)(H4,94,95,100)(H4,96,97,101). The number of unbranched alkanes of at least 4 members (excludes halogenated alkanes) is 16. The zero-order valence-electron chi connectivity index (χ0n) is 73.1. The molecule has 0 aliphatic carbocycles. The number of Topliss-reactive ketones (excluding diaryl/α,β-unsaturated/α-hetero) is 4. The molecule has 0 bridgehead atoms. The number of aromatic amines is 2. The molecule has 32 nitrogen and oxygen atoms in total. The van der Waals surface area contributed by atoms with Gasteiger partial charge < -0.3 is 84.9 Å². The predicted molar refractivity (Wildman–Crippen MR) is 484 cm³/mol. The number of primary amides is 1. The molecule has 1 saturated heterocycles. The SMILES string of the molecule is CCCCCCCCCCCCCCCCNC(=O)CN(CC(N)=O)C(=O)CCCCCCC(=O)C(Cc1c[nH]c2ccccc12)NC(=O)C(CCCN=C(N)N)CC(=O)C(CS)NC(=O)C(CCCN=C(N)N)CC(=O)CC1CCCN1C(=O)C(NC(=O)C(CC(=O)C(NC(=O)CCCOC=O)C(C)O)Cc1cnc[nH]1)C(c1ccccc1)c1ccccc1. The summed E-state index contributed by atoms with van der Waals surface area (Å²) in [5.74, 6) is -11.5. The summed E-state index contributed by atoms with van der Waals surface area (Å²) in [5, 5.41) is 26.0. The largest absolute Gasteiger partial charge is 0.468 e. The summed E-state index contributed by atoms with van der Waals surface area (Å²) in [4.78, 5) is 203. The number of carbonyl (C=O) groups excluding carboxylic acids is 13. The average Bonchev–Trinajstić information content (AvgIpc) is 1.75. The Morgan fingerprint density at radius 2 is 1.16 bits per heavy atom. The molecule has 9 unspecified atom stereocenters. The van der Waals surface area contributed by atoms with Gasteiger partial charge in [0.15, 0.2) is 29.3 Å². The van der Waals surface area contributed by atoms with E-state index in [2.05, 4.69) is 71.1 Å². The zero-order chi connectivity index (χ0) is 90.7. The van der Waals surface area contributed by atoms with Crippen molar-refractivity contribution in [3.63, 3.8) is 0 Å². The number of nitrogens with two attached hydrogens (primary N) is 5. The van der Waals surface area contributed by atoms with Crippen LogP contribution in [-0.2, 0) is 79.9 Å². The normalized spacial score (nSPS) is 14.4. The minimum Gasteiger partial charge on any atom is -0.468 e. The van der Waals surface area contributed by atoms with Gasteiger partial charge in [-0.1, -0.05) is 182 Å². The van der Waals surface area contributed by atoms with Crippen LogP contribution in [0.4, 0.5) is 0 Å². The van der Waals surface area contributed by atoms with Gasteiger partial charge in [0.25, 0.3) is 6.47 Å². The van der Waals surface area contributed by atoms with E-state index < -0.39 is 138 Å². The average molecular weight is 1750 g/mol. The number of rotatable bonds is 67. The van der Waals surface area contributed by atoms with Crippen LogP contribution in [-0.4, -0.2) is 207 Å². The van der Waals surface area contributed by atoms with Gasteiger partial charge in [-0.2, -0.15) is 12.6 Å². The van der Waals surface area contributed by atoms with Gasteiger partial charge in [0.05, 0.1) is 43.6 Å². The lowest BCUT2D eigenvalue weighted by Crippen LogP contribution is -2.55. The summed E-state index contributed by atoms with van der Waals surface area (Å²) < 4.78 is 4.70. The van der Waals surface area contributed by atoms with E-state index in [0.29, 0.717) is 61.9 Å². The van der Waals surface area contributed by atoms with E-state index in [1.165, 1.54) is 88.6 Å². The van der Waals surface area contributed by atoms with E-state index in [9.17, 15) is 57.8 Å². The molecule has 0 radical (unpaired) electrons. The number of ether oxygens (including phenoxy) is 1. The molecule has 3 heterocycles. The van der Waals surface area contributed by atoms with Gasteiger partial charge in [0, 0.05) is 143 Å². The van der Waals surface area contributed by atoms with Crippen LogP contribution in [0.1, 0.15) is 248 Å². The Bertz CT molecular complexity index is 4180. The molecule has 125 heavy (non-hydrogen) atoms. The number of aliphatic hydroxyl groups excluding tert-OH is 1. The lowest BCUT2D eigenvalue weighted by atomic mass is 9.83. The second-order valence-electron chi connectivity index (χ2n) is 32.9. The molecule has 1 aliphatic rings. The number of thiol groups is 1. The van der Waals surface area contributed by atoms with Crippen LogP contribution >= 0.6 is 12.6 Å². The number of benzene rings is 3. The molecule has 0 spiro atoms. The van der Waals surface area contributed by atoms with Crippen molar-refractivity contribution in [3.8, 4) is 0 Å². The van der Waals surface area contributed by atoms with Gasteiger partial charge in [0.1, 0.15) is 24.4 Å². The maximum absolute atomic E-state index is 15.8. The third kappa shape index (κ3) is 38.7. The number of aliphatic imine (C=N–C) groups is 2. The fraction of sp³-hybridized carbons (Fsp3) is 0.587. The first kappa shape index (κ1) is 103. The Kier molecular flexibility index (Phi) is 48.1. The number of likely N-dealkylation sites (tertiary alicyclic amines) is 1. The molecule has 5 aromatic rings. The minimum absolute atomic E-state index is 0.0391. The summed E-state index contributed by atoms with van der Waals surface area (Å²) >= 11 is 4.53. The number of para-hydroxylation sites is 1. The van der Waals surface area contributed by atoms with Crippen molar-refractivity contribution >= 4 is 112 Å². The molecule has 1 fully saturated rings. The highest BCUT2D eigenvalue weighted by Crippen LogP contribution is 2.34. The minimum atomic E-state index is -1.44. The van der Waals surface area contributed by atoms with Crippen molar-refractivity contribution in [1.82, 2.24) is 51.3 Å². The number of amides is 8. The first-order chi connectivity index (χ1) is 60.3. The number of fused-ring (bicyclic) bond motifs is 1. The first-order valence-corrected chi connectivity index (χ1v) is 45.4. The molecule has 33 heteroatoms. The van der Waals surface area contributed by atoms with Gasteiger partial charge in [-0.05, 0) is 93.9 Å². The van der Waals surface area contributed by atoms with Crippen LogP contribution in [0, 0.1) is 17.8 Å². The second-order valence-corrected chi connectivity index (χ2v) is 33.3. The van der Waals surface area contributed by atoms with Crippen molar-refractivity contribution in [2.24, 2.45) is 56.4 Å². The molecular formula is C92H137N17O15S. The van der Waals surface area contributed by atoms with E-state index in [-0.39, 0.29) is 146 Å². The van der Waals surface area contributed by atoms with Crippen LogP contribution in [0.3, 0.4) is 0 Å². The number of imidazole rings is 1. The Morgan fingerprint density at radius 3 is 1.74 bits per heavy atom. The molecule has 6 rings (SSSR count). The molecule has 3 aromatic carbocycles. The zero-order valence-corrected chi connectivity index (χ0v) is 74.0. The van der Waals surface area contributed by atoms with E-state index in [4.69, 9.17) is 33.4 Å². The van der Waals surface area contributed by atoms with E-state index >= 15 is 9.59 Å². The predicted octanol–water partition coefficient (Wildman–Crippen LogP) is 7.75. The lowest BCUT2D eigenvalue weighted by molar-refractivity contribution is -0.140. The molecule has 0 saturated carbocycles. The number of aliphatic hydroxyl groups is 1. The Morgan fingerprint density at radius 1 is 0.600 bits per heavy atom. The number of ketones is 4. The summed E-state index contributed by atoms with van der Waals surface area (Å²) in [6.07, 6.45) is 22.0. The number of carbonyl (C=O) groups is 13.